The largest absolute Gasteiger partial charge is 0.508 e. The van der Waals surface area contributed by atoms with Gasteiger partial charge in [-0.25, -0.2) is 0 Å². The van der Waals surface area contributed by atoms with Crippen molar-refractivity contribution < 1.29 is 19.7 Å². The molecule has 1 atom stereocenters. The first-order valence-corrected chi connectivity index (χ1v) is 9.70. The fourth-order valence-corrected chi connectivity index (χ4v) is 3.54. The molecule has 29 heavy (non-hydrogen) atoms. The van der Waals surface area contributed by atoms with E-state index in [4.69, 9.17) is 9.47 Å². The van der Waals surface area contributed by atoms with E-state index in [1.54, 1.807) is 19.2 Å². The highest BCUT2D eigenvalue weighted by atomic mass is 35.5. The van der Waals surface area contributed by atoms with E-state index in [1.807, 2.05) is 32.0 Å². The Morgan fingerprint density at radius 1 is 0.966 bits per heavy atom. The third-order valence-electron chi connectivity index (χ3n) is 5.41. The summed E-state index contributed by atoms with van der Waals surface area (Å²) in [5.74, 6) is 1.86. The molecule has 2 aromatic carbocycles. The average Bonchev–Trinajstić information content (AvgIpc) is 2.72. The van der Waals surface area contributed by atoms with Gasteiger partial charge in [-0.2, -0.15) is 0 Å². The molecule has 2 aromatic rings. The van der Waals surface area contributed by atoms with Crippen molar-refractivity contribution in [1.82, 2.24) is 4.90 Å². The fourth-order valence-electron chi connectivity index (χ4n) is 3.54. The van der Waals surface area contributed by atoms with Crippen molar-refractivity contribution in [1.29, 1.82) is 0 Å². The fraction of sp³-hybridized carbons (Fsp3) is 0.455. The van der Waals surface area contributed by atoms with Crippen LogP contribution in [0.4, 0.5) is 5.69 Å². The molecule has 6 nitrogen and oxygen atoms in total. The van der Waals surface area contributed by atoms with Crippen molar-refractivity contribution in [2.75, 3.05) is 51.3 Å². The summed E-state index contributed by atoms with van der Waals surface area (Å²) in [6.07, 6.45) is -0.564. The number of aliphatic hydroxyl groups excluding tert-OH is 1. The summed E-state index contributed by atoms with van der Waals surface area (Å²) >= 11 is 0. The number of phenols is 1. The quantitative estimate of drug-likeness (QED) is 0.715. The number of aliphatic hydroxyl groups is 1. The molecule has 7 heteroatoms. The minimum absolute atomic E-state index is 0. The molecule has 0 amide bonds. The molecule has 0 aromatic heterocycles. The number of rotatable bonds is 7. The predicted molar refractivity (Wildman–Crippen MR) is 118 cm³/mol. The van der Waals surface area contributed by atoms with E-state index in [-0.39, 0.29) is 24.8 Å². The zero-order chi connectivity index (χ0) is 20.1. The molecule has 3 rings (SSSR count). The lowest BCUT2D eigenvalue weighted by atomic mass is 10.1. The standard InChI is InChI=1S/C22H30N2O4.ClH/c1-16-17(2)21(9-8-20(16)26)28-15-18(25)14-23-10-12-24(13-11-23)19-6-4-5-7-22(19)27-3;/h4-9,18,25-26H,10-15H2,1-3H3;1H. The van der Waals surface area contributed by atoms with Crippen LogP contribution in [0.15, 0.2) is 36.4 Å². The number of phenolic OH excluding ortho intramolecular Hbond substituents is 1. The number of aromatic hydroxyl groups is 1. The number of para-hydroxylation sites is 2. The van der Waals surface area contributed by atoms with Crippen LogP contribution < -0.4 is 14.4 Å². The summed E-state index contributed by atoms with van der Waals surface area (Å²) in [5.41, 5.74) is 2.82. The first-order valence-electron chi connectivity index (χ1n) is 9.70. The van der Waals surface area contributed by atoms with Crippen molar-refractivity contribution in [2.45, 2.75) is 20.0 Å². The molecule has 0 radical (unpaired) electrons. The van der Waals surface area contributed by atoms with Gasteiger partial charge in [0.15, 0.2) is 0 Å². The summed E-state index contributed by atoms with van der Waals surface area (Å²) in [6.45, 7) is 8.13. The van der Waals surface area contributed by atoms with Crippen molar-refractivity contribution in [3.63, 3.8) is 0 Å². The van der Waals surface area contributed by atoms with Crippen LogP contribution in [0.5, 0.6) is 17.2 Å². The molecule has 1 saturated heterocycles. The molecule has 0 spiro atoms. The lowest BCUT2D eigenvalue weighted by Gasteiger charge is -2.37. The third-order valence-corrected chi connectivity index (χ3v) is 5.41. The number of piperazine rings is 1. The minimum atomic E-state index is -0.564. The SMILES string of the molecule is COc1ccccc1N1CCN(CC(O)COc2ccc(O)c(C)c2C)CC1.Cl. The molecule has 0 bridgehead atoms. The molecular weight excluding hydrogens is 392 g/mol. The Balaban J connectivity index is 0.00000300. The number of anilines is 1. The van der Waals surface area contributed by atoms with E-state index in [1.165, 1.54) is 0 Å². The van der Waals surface area contributed by atoms with Gasteiger partial charge in [-0.1, -0.05) is 12.1 Å². The maximum Gasteiger partial charge on any atom is 0.142 e. The van der Waals surface area contributed by atoms with E-state index in [9.17, 15) is 10.2 Å². The zero-order valence-corrected chi connectivity index (χ0v) is 18.1. The van der Waals surface area contributed by atoms with Crippen LogP contribution in [0.3, 0.4) is 0 Å². The van der Waals surface area contributed by atoms with Crippen molar-refractivity contribution in [2.24, 2.45) is 0 Å². The Morgan fingerprint density at radius 2 is 1.66 bits per heavy atom. The molecule has 1 heterocycles. The summed E-state index contributed by atoms with van der Waals surface area (Å²) in [6, 6.07) is 11.4. The summed E-state index contributed by atoms with van der Waals surface area (Å²) < 4.78 is 11.2. The van der Waals surface area contributed by atoms with Gasteiger partial charge in [-0.3, -0.25) is 4.90 Å². The minimum Gasteiger partial charge on any atom is -0.508 e. The van der Waals surface area contributed by atoms with Crippen molar-refractivity contribution in [3.8, 4) is 17.2 Å². The van der Waals surface area contributed by atoms with Gasteiger partial charge in [0.25, 0.3) is 0 Å². The summed E-state index contributed by atoms with van der Waals surface area (Å²) in [5, 5.41) is 20.1. The third kappa shape index (κ3) is 5.69. The van der Waals surface area contributed by atoms with Crippen LogP contribution >= 0.6 is 12.4 Å². The number of benzene rings is 2. The molecule has 0 aliphatic carbocycles. The van der Waals surface area contributed by atoms with Gasteiger partial charge < -0.3 is 24.6 Å². The molecule has 2 N–H and O–H groups in total. The van der Waals surface area contributed by atoms with Gasteiger partial charge in [-0.15, -0.1) is 12.4 Å². The second kappa shape index (κ2) is 10.6. The van der Waals surface area contributed by atoms with Gasteiger partial charge in [-0.05, 0) is 49.2 Å². The topological polar surface area (TPSA) is 65.4 Å². The Kier molecular flexibility index (Phi) is 8.44. The zero-order valence-electron chi connectivity index (χ0n) is 17.3. The Bertz CT molecular complexity index is 794. The number of ether oxygens (including phenoxy) is 2. The van der Waals surface area contributed by atoms with Crippen LogP contribution in [0.25, 0.3) is 0 Å². The number of methoxy groups -OCH3 is 1. The monoisotopic (exact) mass is 422 g/mol. The van der Waals surface area contributed by atoms with E-state index in [0.29, 0.717) is 12.3 Å². The van der Waals surface area contributed by atoms with Crippen LogP contribution in [-0.2, 0) is 0 Å². The second-order valence-corrected chi connectivity index (χ2v) is 7.26. The molecule has 1 unspecified atom stereocenters. The van der Waals surface area contributed by atoms with Gasteiger partial charge in [0.05, 0.1) is 12.8 Å². The van der Waals surface area contributed by atoms with Gasteiger partial charge in [0, 0.05) is 32.7 Å². The molecule has 160 valence electrons. The first-order chi connectivity index (χ1) is 13.5. The van der Waals surface area contributed by atoms with E-state index < -0.39 is 6.10 Å². The maximum absolute atomic E-state index is 10.4. The van der Waals surface area contributed by atoms with Crippen LogP contribution in [-0.4, -0.2) is 67.7 Å². The van der Waals surface area contributed by atoms with E-state index in [0.717, 1.165) is 48.7 Å². The van der Waals surface area contributed by atoms with Crippen LogP contribution in [0.1, 0.15) is 11.1 Å². The highest BCUT2D eigenvalue weighted by Gasteiger charge is 2.21. The Morgan fingerprint density at radius 3 is 2.34 bits per heavy atom. The number of hydrogen-bond acceptors (Lipinski definition) is 6. The predicted octanol–water partition coefficient (Wildman–Crippen LogP) is 3.00. The van der Waals surface area contributed by atoms with Crippen molar-refractivity contribution in [3.05, 3.63) is 47.5 Å². The smallest absolute Gasteiger partial charge is 0.142 e. The molecular formula is C22H31ClN2O4. The summed E-state index contributed by atoms with van der Waals surface area (Å²) in [4.78, 5) is 4.58. The average molecular weight is 423 g/mol. The lowest BCUT2D eigenvalue weighted by molar-refractivity contribution is 0.0660. The van der Waals surface area contributed by atoms with Gasteiger partial charge in [0.1, 0.15) is 30.0 Å². The Labute approximate surface area is 179 Å². The number of nitrogens with zero attached hydrogens (tertiary/aromatic N) is 2. The van der Waals surface area contributed by atoms with Crippen molar-refractivity contribution >= 4 is 18.1 Å². The Hall–Kier alpha value is -2.15. The molecule has 1 fully saturated rings. The molecule has 1 aliphatic heterocycles. The summed E-state index contributed by atoms with van der Waals surface area (Å²) in [7, 11) is 1.70. The van der Waals surface area contributed by atoms with E-state index in [2.05, 4.69) is 15.9 Å². The normalized spacial score (nSPS) is 15.5. The van der Waals surface area contributed by atoms with E-state index >= 15 is 0 Å². The lowest BCUT2D eigenvalue weighted by Crippen LogP contribution is -2.49. The highest BCUT2D eigenvalue weighted by Crippen LogP contribution is 2.29. The number of hydrogen-bond donors (Lipinski definition) is 2. The van der Waals surface area contributed by atoms with Crippen LogP contribution in [0, 0.1) is 13.8 Å². The highest BCUT2D eigenvalue weighted by molar-refractivity contribution is 5.85. The molecule has 0 saturated carbocycles. The number of β-amino-alcohol motifs (C(OH)–C–C–N with tert-alkyl or cyclic N) is 1. The maximum atomic E-state index is 10.4. The number of halogens is 1. The van der Waals surface area contributed by atoms with Crippen LogP contribution in [0.2, 0.25) is 0 Å². The van der Waals surface area contributed by atoms with Gasteiger partial charge >= 0.3 is 0 Å². The second-order valence-electron chi connectivity index (χ2n) is 7.26. The van der Waals surface area contributed by atoms with Gasteiger partial charge in [0.2, 0.25) is 0 Å². The first kappa shape index (κ1) is 23.1. The molecule has 1 aliphatic rings.